The smallest absolute Gasteiger partial charge is 0.419 e. The van der Waals surface area contributed by atoms with E-state index in [1.54, 1.807) is 9.13 Å². The van der Waals surface area contributed by atoms with Crippen LogP contribution in [0.15, 0.2) is 72.8 Å². The first-order valence-corrected chi connectivity index (χ1v) is 15.1. The first-order chi connectivity index (χ1) is 18.8. The van der Waals surface area contributed by atoms with Crippen LogP contribution in [-0.2, 0) is 9.47 Å². The van der Waals surface area contributed by atoms with Crippen molar-refractivity contribution in [2.75, 3.05) is 0 Å². The van der Waals surface area contributed by atoms with Crippen molar-refractivity contribution in [1.29, 1.82) is 0 Å². The van der Waals surface area contributed by atoms with Crippen molar-refractivity contribution in [1.82, 2.24) is 9.13 Å². The summed E-state index contributed by atoms with van der Waals surface area (Å²) in [5.41, 5.74) is 3.58. The molecule has 6 nitrogen and oxygen atoms in total. The van der Waals surface area contributed by atoms with Gasteiger partial charge in [-0.1, -0.05) is 60.7 Å². The topological polar surface area (TPSA) is 62.5 Å². The summed E-state index contributed by atoms with van der Waals surface area (Å²) >= 11 is 4.60. The zero-order chi connectivity index (χ0) is 29.0. The molecule has 8 heteroatoms. The van der Waals surface area contributed by atoms with Gasteiger partial charge >= 0.3 is 12.2 Å². The molecule has 0 bridgehead atoms. The normalized spacial score (nSPS) is 12.2. The Balaban J connectivity index is 1.67. The summed E-state index contributed by atoms with van der Waals surface area (Å²) in [5, 5.41) is 1.96. The van der Waals surface area contributed by atoms with Crippen molar-refractivity contribution in [2.24, 2.45) is 0 Å². The molecule has 0 fully saturated rings. The van der Waals surface area contributed by atoms with Gasteiger partial charge in [0.2, 0.25) is 0 Å². The molecule has 2 heterocycles. The molecule has 0 amide bonds. The van der Waals surface area contributed by atoms with Crippen LogP contribution < -0.4 is 0 Å². The van der Waals surface area contributed by atoms with Gasteiger partial charge in [-0.2, -0.15) is 0 Å². The molecule has 0 aliphatic carbocycles. The minimum atomic E-state index is -0.638. The molecule has 0 radical (unpaired) electrons. The average molecular weight is 760 g/mol. The first-order valence-electron chi connectivity index (χ1n) is 12.9. The van der Waals surface area contributed by atoms with Crippen molar-refractivity contribution in [3.8, 4) is 22.5 Å². The van der Waals surface area contributed by atoms with Crippen LogP contribution in [0.2, 0.25) is 0 Å². The first kappa shape index (κ1) is 28.7. The van der Waals surface area contributed by atoms with Gasteiger partial charge in [0.25, 0.3) is 0 Å². The largest absolute Gasteiger partial charge is 0.443 e. The summed E-state index contributed by atoms with van der Waals surface area (Å²) in [5.74, 6) is 0. The van der Waals surface area contributed by atoms with Crippen LogP contribution in [0.5, 0.6) is 0 Å². The van der Waals surface area contributed by atoms with Gasteiger partial charge in [0.1, 0.15) is 11.2 Å². The minimum Gasteiger partial charge on any atom is -0.443 e. The molecule has 5 aromatic rings. The number of ether oxygens (including phenoxy) is 2. The Morgan fingerprint density at radius 3 is 1.23 bits per heavy atom. The molecule has 0 N–H and O–H groups in total. The summed E-state index contributed by atoms with van der Waals surface area (Å²) in [4.78, 5) is 26.9. The monoisotopic (exact) mass is 760 g/mol. The second-order valence-electron chi connectivity index (χ2n) is 11.6. The van der Waals surface area contributed by atoms with Gasteiger partial charge in [0.05, 0.1) is 22.4 Å². The van der Waals surface area contributed by atoms with Crippen LogP contribution in [0.4, 0.5) is 9.59 Å². The van der Waals surface area contributed by atoms with E-state index in [0.717, 1.165) is 51.5 Å². The number of benzene rings is 3. The lowest BCUT2D eigenvalue weighted by molar-refractivity contribution is 0.0535. The third kappa shape index (κ3) is 5.39. The summed E-state index contributed by atoms with van der Waals surface area (Å²) in [7, 11) is 0. The molecule has 0 unspecified atom stereocenters. The number of nitrogens with zero attached hydrogens (tertiary/aromatic N) is 2. The third-order valence-corrected chi connectivity index (χ3v) is 8.39. The molecular weight excluding hydrogens is 730 g/mol. The molecule has 2 aromatic heterocycles. The van der Waals surface area contributed by atoms with E-state index in [1.807, 2.05) is 114 Å². The quantitative estimate of drug-likeness (QED) is 0.168. The molecule has 40 heavy (non-hydrogen) atoms. The fourth-order valence-corrected chi connectivity index (χ4v) is 6.71. The number of fused-ring (bicyclic) bond motifs is 2. The Bertz CT molecular complexity index is 1640. The fraction of sp³-hybridized carbons (Fsp3) is 0.250. The minimum absolute atomic E-state index is 0.426. The number of carbonyl (C=O) groups excluding carboxylic acids is 2. The van der Waals surface area contributed by atoms with Crippen molar-refractivity contribution in [3.63, 3.8) is 0 Å². The molecule has 0 spiro atoms. The molecule has 0 aliphatic rings. The van der Waals surface area contributed by atoms with Gasteiger partial charge in [-0.05, 0) is 110 Å². The van der Waals surface area contributed by atoms with Crippen molar-refractivity contribution >= 4 is 79.2 Å². The highest BCUT2D eigenvalue weighted by Crippen LogP contribution is 2.39. The van der Waals surface area contributed by atoms with Crippen LogP contribution in [-0.4, -0.2) is 32.5 Å². The van der Waals surface area contributed by atoms with Gasteiger partial charge in [0.15, 0.2) is 0 Å². The second-order valence-corrected chi connectivity index (χ2v) is 13.7. The number of aromatic nitrogens is 2. The molecule has 0 saturated heterocycles. The van der Waals surface area contributed by atoms with Crippen molar-refractivity contribution in [3.05, 3.63) is 79.9 Å². The number of para-hydroxylation sites is 2. The van der Waals surface area contributed by atoms with E-state index in [2.05, 4.69) is 45.2 Å². The SMILES string of the molecule is CC(C)(C)OC(=O)n1c(-c2ccc(-c3c(I)c4ccccc4n3C(=O)OC(C)(C)C)cc2)c(I)c2ccccc21. The number of hydrogen-bond acceptors (Lipinski definition) is 4. The molecule has 0 atom stereocenters. The predicted octanol–water partition coefficient (Wildman–Crippen LogP) is 9.71. The Hall–Kier alpha value is -2.86. The van der Waals surface area contributed by atoms with Gasteiger partial charge in [-0.25, -0.2) is 18.7 Å². The summed E-state index contributed by atoms with van der Waals surface area (Å²) in [6, 6.07) is 23.6. The van der Waals surface area contributed by atoms with Crippen LogP contribution in [0, 0.1) is 7.14 Å². The zero-order valence-corrected chi connectivity index (χ0v) is 27.5. The number of hydrogen-bond donors (Lipinski definition) is 0. The van der Waals surface area contributed by atoms with Gasteiger partial charge in [0, 0.05) is 17.9 Å². The Morgan fingerprint density at radius 2 is 0.900 bits per heavy atom. The van der Waals surface area contributed by atoms with Crippen molar-refractivity contribution in [2.45, 2.75) is 52.7 Å². The van der Waals surface area contributed by atoms with Crippen molar-refractivity contribution < 1.29 is 19.1 Å². The summed E-state index contributed by atoms with van der Waals surface area (Å²) in [6.07, 6.45) is -0.851. The fourth-order valence-electron chi connectivity index (χ4n) is 4.69. The van der Waals surface area contributed by atoms with Crippen LogP contribution in [0.1, 0.15) is 41.5 Å². The standard InChI is InChI=1S/C32H30I2N2O4/c1-31(2,3)39-29(37)35-23-13-9-7-11-21(23)25(33)27(35)19-15-17-20(18-16-19)28-26(34)22-12-8-10-14-24(22)36(28)30(38)40-32(4,5)6/h7-18H,1-6H3. The third-order valence-electron chi connectivity index (χ3n) is 6.21. The maximum absolute atomic E-state index is 13.4. The number of carbonyl (C=O) groups is 2. The average Bonchev–Trinajstić information content (AvgIpc) is 3.34. The Kier molecular flexibility index (Phi) is 7.54. The highest BCUT2D eigenvalue weighted by atomic mass is 127. The molecule has 0 aliphatic heterocycles. The zero-order valence-electron chi connectivity index (χ0n) is 23.2. The van der Waals surface area contributed by atoms with Gasteiger partial charge < -0.3 is 9.47 Å². The van der Waals surface area contributed by atoms with E-state index < -0.39 is 23.4 Å². The van der Waals surface area contributed by atoms with Crippen LogP contribution in [0.3, 0.4) is 0 Å². The molecular formula is C32H30I2N2O4. The highest BCUT2D eigenvalue weighted by molar-refractivity contribution is 14.1. The maximum Gasteiger partial charge on any atom is 0.419 e. The van der Waals surface area contributed by atoms with E-state index in [0.29, 0.717) is 0 Å². The Morgan fingerprint density at radius 1 is 0.575 bits per heavy atom. The van der Waals surface area contributed by atoms with Crippen LogP contribution in [0.25, 0.3) is 44.3 Å². The Labute approximate surface area is 260 Å². The molecule has 5 rings (SSSR count). The lowest BCUT2D eigenvalue weighted by Gasteiger charge is -2.21. The summed E-state index contributed by atoms with van der Waals surface area (Å²) < 4.78 is 16.8. The van der Waals surface area contributed by atoms with E-state index in [4.69, 9.17) is 9.47 Å². The van der Waals surface area contributed by atoms with E-state index in [1.165, 1.54) is 0 Å². The second kappa shape index (κ2) is 10.5. The van der Waals surface area contributed by atoms with E-state index in [-0.39, 0.29) is 0 Å². The van der Waals surface area contributed by atoms with Gasteiger partial charge in [-0.3, -0.25) is 0 Å². The lowest BCUT2D eigenvalue weighted by Crippen LogP contribution is -2.27. The molecule has 0 saturated carbocycles. The lowest BCUT2D eigenvalue weighted by atomic mass is 10.1. The van der Waals surface area contributed by atoms with E-state index in [9.17, 15) is 9.59 Å². The molecule has 3 aromatic carbocycles. The molecule has 206 valence electrons. The highest BCUT2D eigenvalue weighted by Gasteiger charge is 2.28. The predicted molar refractivity (Wildman–Crippen MR) is 177 cm³/mol. The van der Waals surface area contributed by atoms with E-state index >= 15 is 0 Å². The number of rotatable bonds is 2. The number of halogens is 2. The maximum atomic E-state index is 13.4. The van der Waals surface area contributed by atoms with Crippen LogP contribution >= 0.6 is 45.2 Å². The van der Waals surface area contributed by atoms with Gasteiger partial charge in [-0.15, -0.1) is 0 Å². The summed E-state index contributed by atoms with van der Waals surface area (Å²) in [6.45, 7) is 11.2.